The number of aryl methyl sites for hydroxylation is 1. The SMILES string of the molecule is COc1cc(CN2CCC(NC(=O)c3cc[nH]c3C)C2)cc(OC)c1. The normalized spacial score (nSPS) is 17.5. The first-order valence-electron chi connectivity index (χ1n) is 8.48. The maximum absolute atomic E-state index is 12.3. The number of nitrogens with one attached hydrogen (secondary N) is 2. The van der Waals surface area contributed by atoms with Gasteiger partial charge in [-0.2, -0.15) is 0 Å². The average Bonchev–Trinajstić information content (AvgIpc) is 3.23. The van der Waals surface area contributed by atoms with Crippen LogP contribution in [0.2, 0.25) is 0 Å². The van der Waals surface area contributed by atoms with Crippen LogP contribution in [-0.2, 0) is 6.54 Å². The number of H-pyrrole nitrogens is 1. The van der Waals surface area contributed by atoms with Crippen molar-refractivity contribution < 1.29 is 14.3 Å². The molecule has 0 saturated carbocycles. The number of rotatable bonds is 6. The fourth-order valence-electron chi connectivity index (χ4n) is 3.27. The molecule has 6 heteroatoms. The van der Waals surface area contributed by atoms with Crippen LogP contribution in [0.3, 0.4) is 0 Å². The van der Waals surface area contributed by atoms with E-state index in [9.17, 15) is 4.79 Å². The molecule has 2 N–H and O–H groups in total. The van der Waals surface area contributed by atoms with Crippen LogP contribution in [0.4, 0.5) is 0 Å². The number of hydrogen-bond acceptors (Lipinski definition) is 4. The van der Waals surface area contributed by atoms with E-state index in [4.69, 9.17) is 9.47 Å². The van der Waals surface area contributed by atoms with Gasteiger partial charge in [-0.3, -0.25) is 9.69 Å². The number of nitrogens with zero attached hydrogens (tertiary/aromatic N) is 1. The highest BCUT2D eigenvalue weighted by atomic mass is 16.5. The van der Waals surface area contributed by atoms with E-state index in [0.29, 0.717) is 0 Å². The van der Waals surface area contributed by atoms with Crippen LogP contribution in [0.15, 0.2) is 30.5 Å². The summed E-state index contributed by atoms with van der Waals surface area (Å²) in [5, 5.41) is 3.13. The van der Waals surface area contributed by atoms with Gasteiger partial charge in [-0.15, -0.1) is 0 Å². The van der Waals surface area contributed by atoms with Gasteiger partial charge in [0.25, 0.3) is 5.91 Å². The molecule has 2 aromatic rings. The minimum atomic E-state index is -0.00588. The third-order valence-electron chi connectivity index (χ3n) is 4.62. The summed E-state index contributed by atoms with van der Waals surface area (Å²) in [5.41, 5.74) is 2.76. The molecule has 1 saturated heterocycles. The van der Waals surface area contributed by atoms with Crippen molar-refractivity contribution in [3.05, 3.63) is 47.3 Å². The van der Waals surface area contributed by atoms with Gasteiger partial charge in [-0.25, -0.2) is 0 Å². The Hall–Kier alpha value is -2.47. The lowest BCUT2D eigenvalue weighted by atomic mass is 10.2. The van der Waals surface area contributed by atoms with Crippen molar-refractivity contribution in [1.29, 1.82) is 0 Å². The topological polar surface area (TPSA) is 66.6 Å². The minimum absolute atomic E-state index is 0.00588. The molecule has 2 heterocycles. The number of amides is 1. The smallest absolute Gasteiger partial charge is 0.253 e. The van der Waals surface area contributed by atoms with Crippen molar-refractivity contribution in [1.82, 2.24) is 15.2 Å². The molecule has 1 aliphatic heterocycles. The molecule has 1 atom stereocenters. The quantitative estimate of drug-likeness (QED) is 0.845. The third-order valence-corrected chi connectivity index (χ3v) is 4.62. The number of likely N-dealkylation sites (tertiary alicyclic amines) is 1. The summed E-state index contributed by atoms with van der Waals surface area (Å²) in [6.45, 7) is 4.51. The molecule has 25 heavy (non-hydrogen) atoms. The van der Waals surface area contributed by atoms with E-state index < -0.39 is 0 Å². The molecular weight excluding hydrogens is 318 g/mol. The zero-order valence-electron chi connectivity index (χ0n) is 15.0. The van der Waals surface area contributed by atoms with Crippen molar-refractivity contribution in [2.75, 3.05) is 27.3 Å². The highest BCUT2D eigenvalue weighted by Gasteiger charge is 2.25. The second kappa shape index (κ2) is 7.61. The molecule has 3 rings (SSSR count). The number of methoxy groups -OCH3 is 2. The van der Waals surface area contributed by atoms with Crippen molar-refractivity contribution >= 4 is 5.91 Å². The van der Waals surface area contributed by atoms with Crippen LogP contribution in [0.1, 0.15) is 28.0 Å². The van der Waals surface area contributed by atoms with Gasteiger partial charge in [0.05, 0.1) is 19.8 Å². The van der Waals surface area contributed by atoms with Gasteiger partial charge in [0.15, 0.2) is 0 Å². The zero-order chi connectivity index (χ0) is 17.8. The van der Waals surface area contributed by atoms with E-state index in [0.717, 1.165) is 54.4 Å². The van der Waals surface area contributed by atoms with Crippen LogP contribution < -0.4 is 14.8 Å². The third kappa shape index (κ3) is 4.14. The monoisotopic (exact) mass is 343 g/mol. The Morgan fingerprint density at radius 3 is 2.60 bits per heavy atom. The highest BCUT2D eigenvalue weighted by Crippen LogP contribution is 2.24. The Balaban J connectivity index is 1.58. The summed E-state index contributed by atoms with van der Waals surface area (Å²) >= 11 is 0. The van der Waals surface area contributed by atoms with Crippen molar-refractivity contribution in [3.8, 4) is 11.5 Å². The van der Waals surface area contributed by atoms with Crippen LogP contribution in [0.25, 0.3) is 0 Å². The summed E-state index contributed by atoms with van der Waals surface area (Å²) in [6, 6.07) is 7.92. The molecule has 1 amide bonds. The standard InChI is InChI=1S/C19H25N3O3/c1-13-18(4-6-20-13)19(23)21-15-5-7-22(12-15)11-14-8-16(24-2)10-17(9-14)25-3/h4,6,8-10,15,20H,5,7,11-12H2,1-3H3,(H,21,23). The first kappa shape index (κ1) is 17.4. The molecule has 0 bridgehead atoms. The highest BCUT2D eigenvalue weighted by molar-refractivity contribution is 5.95. The van der Waals surface area contributed by atoms with Crippen molar-refractivity contribution in [2.45, 2.75) is 25.9 Å². The molecule has 1 unspecified atom stereocenters. The number of aromatic nitrogens is 1. The minimum Gasteiger partial charge on any atom is -0.497 e. The van der Waals surface area contributed by atoms with Gasteiger partial charge in [0, 0.05) is 43.6 Å². The predicted molar refractivity (Wildman–Crippen MR) is 96.2 cm³/mol. The second-order valence-electron chi connectivity index (χ2n) is 6.43. The Morgan fingerprint density at radius 2 is 2.00 bits per heavy atom. The number of hydrogen-bond donors (Lipinski definition) is 2. The van der Waals surface area contributed by atoms with Gasteiger partial charge in [-0.05, 0) is 37.1 Å². The van der Waals surface area contributed by atoms with E-state index in [-0.39, 0.29) is 11.9 Å². The lowest BCUT2D eigenvalue weighted by Crippen LogP contribution is -2.37. The summed E-state index contributed by atoms with van der Waals surface area (Å²) in [5.74, 6) is 1.58. The first-order valence-corrected chi connectivity index (χ1v) is 8.48. The predicted octanol–water partition coefficient (Wildman–Crippen LogP) is 2.34. The van der Waals surface area contributed by atoms with E-state index in [1.807, 2.05) is 31.2 Å². The zero-order valence-corrected chi connectivity index (χ0v) is 15.0. The summed E-state index contributed by atoms with van der Waals surface area (Å²) in [4.78, 5) is 17.7. The van der Waals surface area contributed by atoms with E-state index in [1.54, 1.807) is 20.4 Å². The molecule has 0 radical (unpaired) electrons. The maximum atomic E-state index is 12.3. The number of ether oxygens (including phenoxy) is 2. The van der Waals surface area contributed by atoms with Gasteiger partial charge >= 0.3 is 0 Å². The van der Waals surface area contributed by atoms with E-state index in [2.05, 4.69) is 15.2 Å². The van der Waals surface area contributed by atoms with Gasteiger partial charge < -0.3 is 19.8 Å². The Labute approximate surface area is 148 Å². The van der Waals surface area contributed by atoms with Crippen LogP contribution in [0, 0.1) is 6.92 Å². The lowest BCUT2D eigenvalue weighted by molar-refractivity contribution is 0.0937. The van der Waals surface area contributed by atoms with Gasteiger partial charge in [0.1, 0.15) is 11.5 Å². The maximum Gasteiger partial charge on any atom is 0.253 e. The van der Waals surface area contributed by atoms with Crippen LogP contribution in [0.5, 0.6) is 11.5 Å². The molecule has 6 nitrogen and oxygen atoms in total. The van der Waals surface area contributed by atoms with E-state index in [1.165, 1.54) is 0 Å². The molecule has 134 valence electrons. The lowest BCUT2D eigenvalue weighted by Gasteiger charge is -2.18. The second-order valence-corrected chi connectivity index (χ2v) is 6.43. The fourth-order valence-corrected chi connectivity index (χ4v) is 3.27. The summed E-state index contributed by atoms with van der Waals surface area (Å²) < 4.78 is 10.7. The first-order chi connectivity index (χ1) is 12.1. The molecule has 0 spiro atoms. The van der Waals surface area contributed by atoms with Crippen LogP contribution in [-0.4, -0.2) is 49.1 Å². The number of benzene rings is 1. The van der Waals surface area contributed by atoms with E-state index >= 15 is 0 Å². The summed E-state index contributed by atoms with van der Waals surface area (Å²) in [7, 11) is 3.31. The molecular formula is C19H25N3O3. The average molecular weight is 343 g/mol. The molecule has 1 aliphatic rings. The molecule has 0 aliphatic carbocycles. The van der Waals surface area contributed by atoms with Gasteiger partial charge in [-0.1, -0.05) is 0 Å². The largest absolute Gasteiger partial charge is 0.497 e. The Morgan fingerprint density at radius 1 is 1.28 bits per heavy atom. The number of aromatic amines is 1. The van der Waals surface area contributed by atoms with Crippen molar-refractivity contribution in [3.63, 3.8) is 0 Å². The Bertz CT molecular complexity index is 719. The fraction of sp³-hybridized carbons (Fsp3) is 0.421. The molecule has 1 aromatic heterocycles. The number of carbonyl (C=O) groups is 1. The molecule has 1 fully saturated rings. The van der Waals surface area contributed by atoms with Crippen LogP contribution >= 0.6 is 0 Å². The number of carbonyl (C=O) groups excluding carboxylic acids is 1. The Kier molecular flexibility index (Phi) is 5.28. The van der Waals surface area contributed by atoms with Gasteiger partial charge in [0.2, 0.25) is 0 Å². The van der Waals surface area contributed by atoms with Crippen molar-refractivity contribution in [2.24, 2.45) is 0 Å². The summed E-state index contributed by atoms with van der Waals surface area (Å²) in [6.07, 6.45) is 2.75. The molecule has 1 aromatic carbocycles.